The van der Waals surface area contributed by atoms with Crippen LogP contribution in [0.1, 0.15) is 22.9 Å². The van der Waals surface area contributed by atoms with Crippen molar-refractivity contribution >= 4 is 5.69 Å². The minimum Gasteiger partial charge on any atom is -0.444 e. The molecule has 1 N–H and O–H groups in total. The van der Waals surface area contributed by atoms with Crippen LogP contribution in [0.5, 0.6) is 0 Å². The minimum atomic E-state index is -4.51. The van der Waals surface area contributed by atoms with Crippen LogP contribution in [0.15, 0.2) is 22.6 Å². The Kier molecular flexibility index (Phi) is 3.69. The van der Waals surface area contributed by atoms with E-state index in [-0.39, 0.29) is 18.1 Å². The summed E-state index contributed by atoms with van der Waals surface area (Å²) in [5.74, 6) is 0.140. The normalized spacial score (nSPS) is 11.7. The Bertz CT molecular complexity index is 600. The van der Waals surface area contributed by atoms with Gasteiger partial charge in [0.1, 0.15) is 11.6 Å². The fraction of sp³-hybridized carbons (Fsp3) is 0.308. The van der Waals surface area contributed by atoms with Crippen molar-refractivity contribution in [2.24, 2.45) is 0 Å². The number of anilines is 1. The molecule has 2 aromatic rings. The maximum Gasteiger partial charge on any atom is 0.416 e. The molecule has 1 aromatic carbocycles. The van der Waals surface area contributed by atoms with Crippen LogP contribution in [-0.2, 0) is 12.7 Å². The van der Waals surface area contributed by atoms with E-state index in [1.165, 1.54) is 0 Å². The topological polar surface area (TPSA) is 38.1 Å². The molecule has 0 saturated heterocycles. The van der Waals surface area contributed by atoms with E-state index >= 15 is 0 Å². The number of nitrogens with zero attached hydrogens (tertiary/aromatic N) is 1. The van der Waals surface area contributed by atoms with Gasteiger partial charge in [-0.3, -0.25) is 0 Å². The lowest BCUT2D eigenvalue weighted by molar-refractivity contribution is -0.137. The predicted octanol–water partition coefficient (Wildman–Crippen LogP) is 4.06. The van der Waals surface area contributed by atoms with Crippen molar-refractivity contribution in [2.45, 2.75) is 26.6 Å². The minimum absolute atomic E-state index is 0.00686. The molecular formula is C13H12F4N2O. The fourth-order valence-corrected chi connectivity index (χ4v) is 1.62. The molecule has 0 fully saturated rings. The average Bonchev–Trinajstić information content (AvgIpc) is 2.66. The summed E-state index contributed by atoms with van der Waals surface area (Å²) in [7, 11) is 0. The zero-order valence-electron chi connectivity index (χ0n) is 10.8. The van der Waals surface area contributed by atoms with Crippen molar-refractivity contribution in [2.75, 3.05) is 5.32 Å². The number of alkyl halides is 3. The van der Waals surface area contributed by atoms with Gasteiger partial charge < -0.3 is 9.73 Å². The third kappa shape index (κ3) is 3.09. The molecule has 0 aliphatic carbocycles. The molecule has 7 heteroatoms. The van der Waals surface area contributed by atoms with Gasteiger partial charge in [0.15, 0.2) is 0 Å². The molecule has 1 aromatic heterocycles. The Labute approximate surface area is 112 Å². The summed E-state index contributed by atoms with van der Waals surface area (Å²) >= 11 is 0. The summed E-state index contributed by atoms with van der Waals surface area (Å²) in [6.07, 6.45) is -4.51. The standard InChI is InChI=1S/C13H12F4N2O/c1-7-8(2)20-12(19-7)6-18-11-5-9(13(15,16)17)3-4-10(11)14/h3-5,18H,6H2,1-2H3. The summed E-state index contributed by atoms with van der Waals surface area (Å²) in [5.41, 5.74) is -0.471. The molecule has 2 rings (SSSR count). The van der Waals surface area contributed by atoms with Crippen LogP contribution in [0.4, 0.5) is 23.2 Å². The van der Waals surface area contributed by atoms with Gasteiger partial charge in [-0.05, 0) is 32.0 Å². The molecule has 0 amide bonds. The second-order valence-corrected chi connectivity index (χ2v) is 4.30. The van der Waals surface area contributed by atoms with Crippen LogP contribution < -0.4 is 5.32 Å². The highest BCUT2D eigenvalue weighted by molar-refractivity contribution is 5.48. The van der Waals surface area contributed by atoms with Gasteiger partial charge in [-0.2, -0.15) is 13.2 Å². The van der Waals surface area contributed by atoms with E-state index < -0.39 is 17.6 Å². The van der Waals surface area contributed by atoms with Crippen LogP contribution in [-0.4, -0.2) is 4.98 Å². The third-order valence-electron chi connectivity index (χ3n) is 2.80. The van der Waals surface area contributed by atoms with E-state index in [0.717, 1.165) is 12.1 Å². The first-order valence-corrected chi connectivity index (χ1v) is 5.81. The number of rotatable bonds is 3. The summed E-state index contributed by atoms with van der Waals surface area (Å²) in [6, 6.07) is 2.19. The van der Waals surface area contributed by atoms with Gasteiger partial charge in [0.05, 0.1) is 23.5 Å². The highest BCUT2D eigenvalue weighted by Gasteiger charge is 2.31. The third-order valence-corrected chi connectivity index (χ3v) is 2.80. The Balaban J connectivity index is 2.16. The number of hydrogen-bond acceptors (Lipinski definition) is 3. The number of oxazole rings is 1. The molecule has 1 heterocycles. The Morgan fingerprint density at radius 1 is 1.25 bits per heavy atom. The highest BCUT2D eigenvalue weighted by atomic mass is 19.4. The van der Waals surface area contributed by atoms with Crippen molar-refractivity contribution in [1.82, 2.24) is 4.98 Å². The maximum absolute atomic E-state index is 13.5. The molecular weight excluding hydrogens is 276 g/mol. The van der Waals surface area contributed by atoms with Gasteiger partial charge >= 0.3 is 6.18 Å². The van der Waals surface area contributed by atoms with Crippen molar-refractivity contribution in [1.29, 1.82) is 0 Å². The van der Waals surface area contributed by atoms with Gasteiger partial charge in [-0.15, -0.1) is 0 Å². The fourth-order valence-electron chi connectivity index (χ4n) is 1.62. The van der Waals surface area contributed by atoms with Gasteiger partial charge in [0.2, 0.25) is 5.89 Å². The van der Waals surface area contributed by atoms with E-state index in [1.54, 1.807) is 13.8 Å². The lowest BCUT2D eigenvalue weighted by Gasteiger charge is -2.10. The van der Waals surface area contributed by atoms with E-state index in [1.807, 2.05) is 0 Å². The largest absolute Gasteiger partial charge is 0.444 e. The smallest absolute Gasteiger partial charge is 0.416 e. The number of hydrogen-bond donors (Lipinski definition) is 1. The average molecular weight is 288 g/mol. The van der Waals surface area contributed by atoms with Gasteiger partial charge in [-0.25, -0.2) is 9.37 Å². The van der Waals surface area contributed by atoms with Crippen molar-refractivity contribution in [3.8, 4) is 0 Å². The molecule has 0 unspecified atom stereocenters. The number of aromatic nitrogens is 1. The van der Waals surface area contributed by atoms with E-state index in [2.05, 4.69) is 10.3 Å². The predicted molar refractivity (Wildman–Crippen MR) is 64.7 cm³/mol. The molecule has 3 nitrogen and oxygen atoms in total. The quantitative estimate of drug-likeness (QED) is 0.865. The van der Waals surface area contributed by atoms with Crippen LogP contribution >= 0.6 is 0 Å². The van der Waals surface area contributed by atoms with Gasteiger partial charge in [0.25, 0.3) is 0 Å². The van der Waals surface area contributed by atoms with Gasteiger partial charge in [-0.1, -0.05) is 0 Å². The Hall–Kier alpha value is -2.05. The zero-order valence-corrected chi connectivity index (χ0v) is 10.8. The van der Waals surface area contributed by atoms with E-state index in [4.69, 9.17) is 4.42 Å². The Morgan fingerprint density at radius 3 is 2.50 bits per heavy atom. The summed E-state index contributed by atoms with van der Waals surface area (Å²) in [6.45, 7) is 3.47. The molecule has 0 aliphatic rings. The summed E-state index contributed by atoms with van der Waals surface area (Å²) in [5, 5.41) is 2.55. The lowest BCUT2D eigenvalue weighted by atomic mass is 10.2. The second kappa shape index (κ2) is 5.15. The zero-order chi connectivity index (χ0) is 14.9. The molecule has 0 saturated carbocycles. The van der Waals surface area contributed by atoms with Crippen LogP contribution in [0.3, 0.4) is 0 Å². The SMILES string of the molecule is Cc1nc(CNc2cc(C(F)(F)F)ccc2F)oc1C. The van der Waals surface area contributed by atoms with Crippen LogP contribution in [0, 0.1) is 19.7 Å². The molecule has 0 bridgehead atoms. The molecule has 108 valence electrons. The molecule has 20 heavy (non-hydrogen) atoms. The number of aryl methyl sites for hydroxylation is 2. The molecule has 0 atom stereocenters. The first kappa shape index (κ1) is 14.4. The van der Waals surface area contributed by atoms with Crippen molar-refractivity contribution in [3.05, 3.63) is 46.9 Å². The van der Waals surface area contributed by atoms with E-state index in [9.17, 15) is 17.6 Å². The van der Waals surface area contributed by atoms with Gasteiger partial charge in [0, 0.05) is 0 Å². The first-order chi connectivity index (χ1) is 9.27. The number of halogens is 4. The molecule has 0 aliphatic heterocycles. The monoisotopic (exact) mass is 288 g/mol. The molecule has 0 radical (unpaired) electrons. The summed E-state index contributed by atoms with van der Waals surface area (Å²) in [4.78, 5) is 4.05. The maximum atomic E-state index is 13.5. The van der Waals surface area contributed by atoms with Crippen molar-refractivity contribution in [3.63, 3.8) is 0 Å². The first-order valence-electron chi connectivity index (χ1n) is 5.81. The van der Waals surface area contributed by atoms with Crippen LogP contribution in [0.2, 0.25) is 0 Å². The summed E-state index contributed by atoms with van der Waals surface area (Å²) < 4.78 is 56.3. The molecule has 0 spiro atoms. The van der Waals surface area contributed by atoms with Crippen molar-refractivity contribution < 1.29 is 22.0 Å². The highest BCUT2D eigenvalue weighted by Crippen LogP contribution is 2.31. The second-order valence-electron chi connectivity index (χ2n) is 4.30. The Morgan fingerprint density at radius 2 is 1.95 bits per heavy atom. The van der Waals surface area contributed by atoms with Crippen LogP contribution in [0.25, 0.3) is 0 Å². The number of benzene rings is 1. The van der Waals surface area contributed by atoms with E-state index in [0.29, 0.717) is 17.5 Å². The lowest BCUT2D eigenvalue weighted by Crippen LogP contribution is -2.08. The number of nitrogens with one attached hydrogen (secondary N) is 1.